The van der Waals surface area contributed by atoms with E-state index >= 15 is 0 Å². The molecule has 0 saturated carbocycles. The minimum atomic E-state index is -0.202. The van der Waals surface area contributed by atoms with E-state index in [0.717, 1.165) is 25.1 Å². The summed E-state index contributed by atoms with van der Waals surface area (Å²) in [5.41, 5.74) is 2.81. The van der Waals surface area contributed by atoms with Gasteiger partial charge in [0.15, 0.2) is 0 Å². The monoisotopic (exact) mass is 311 g/mol. The Labute approximate surface area is 136 Å². The third kappa shape index (κ3) is 1.45. The Morgan fingerprint density at radius 2 is 2.26 bits per heavy atom. The summed E-state index contributed by atoms with van der Waals surface area (Å²) in [6, 6.07) is 6.58. The number of methoxy groups -OCH3 is 1. The van der Waals surface area contributed by atoms with E-state index in [1.807, 2.05) is 4.90 Å². The number of benzene rings is 1. The molecule has 1 fully saturated rings. The van der Waals surface area contributed by atoms with Gasteiger partial charge in [-0.15, -0.1) is 0 Å². The van der Waals surface area contributed by atoms with E-state index in [1.54, 1.807) is 0 Å². The minimum absolute atomic E-state index is 0.0352. The second-order valence-corrected chi connectivity index (χ2v) is 7.32. The summed E-state index contributed by atoms with van der Waals surface area (Å²) >= 11 is 0. The maximum Gasteiger partial charge on any atom is 0.409 e. The molecule has 0 radical (unpaired) electrons. The van der Waals surface area contributed by atoms with Crippen molar-refractivity contribution in [2.45, 2.75) is 37.3 Å². The van der Waals surface area contributed by atoms with Crippen molar-refractivity contribution in [1.29, 1.82) is 0 Å². The number of nitrogens with zero attached hydrogens (tertiary/aromatic N) is 1. The normalized spacial score (nSPS) is 38.8. The van der Waals surface area contributed by atoms with E-state index in [9.17, 15) is 4.79 Å². The molecule has 5 rings (SSSR count). The molecule has 120 valence electrons. The molecule has 1 amide bonds. The summed E-state index contributed by atoms with van der Waals surface area (Å²) in [4.78, 5) is 14.2. The first-order valence-electron chi connectivity index (χ1n) is 8.49. The number of hydrogen-bond acceptors (Lipinski definition) is 3. The Kier molecular flexibility index (Phi) is 2.52. The third-order valence-electron chi connectivity index (χ3n) is 6.45. The van der Waals surface area contributed by atoms with Gasteiger partial charge in [0.2, 0.25) is 0 Å². The SMILES string of the molecule is COC(=O)N1CC[C@]23c4c5cccc4O[C@H]2[C@@H](C)C=C[C@H]3C1C5. The fraction of sp³-hybridized carbons (Fsp3) is 0.526. The Hall–Kier alpha value is -1.97. The quantitative estimate of drug-likeness (QED) is 0.692. The van der Waals surface area contributed by atoms with Gasteiger partial charge in [-0.05, 0) is 24.5 Å². The van der Waals surface area contributed by atoms with Crippen molar-refractivity contribution >= 4 is 6.09 Å². The van der Waals surface area contributed by atoms with Gasteiger partial charge in [-0.2, -0.15) is 0 Å². The summed E-state index contributed by atoms with van der Waals surface area (Å²) in [7, 11) is 1.47. The van der Waals surface area contributed by atoms with Crippen LogP contribution in [0.3, 0.4) is 0 Å². The van der Waals surface area contributed by atoms with Crippen LogP contribution in [-0.2, 0) is 16.6 Å². The first-order valence-corrected chi connectivity index (χ1v) is 8.49. The van der Waals surface area contributed by atoms with Crippen molar-refractivity contribution in [3.05, 3.63) is 41.5 Å². The van der Waals surface area contributed by atoms with E-state index in [2.05, 4.69) is 37.3 Å². The number of hydrogen-bond donors (Lipinski definition) is 0. The molecule has 2 bridgehead atoms. The van der Waals surface area contributed by atoms with Gasteiger partial charge in [-0.3, -0.25) is 0 Å². The van der Waals surface area contributed by atoms with Gasteiger partial charge in [0, 0.05) is 35.4 Å². The lowest BCUT2D eigenvalue weighted by Crippen LogP contribution is -2.65. The highest BCUT2D eigenvalue weighted by Crippen LogP contribution is 2.61. The zero-order chi connectivity index (χ0) is 15.8. The molecule has 1 spiro atoms. The van der Waals surface area contributed by atoms with E-state index in [4.69, 9.17) is 9.47 Å². The van der Waals surface area contributed by atoms with Crippen molar-refractivity contribution in [1.82, 2.24) is 4.90 Å². The predicted molar refractivity (Wildman–Crippen MR) is 85.6 cm³/mol. The fourth-order valence-electron chi connectivity index (χ4n) is 5.63. The Morgan fingerprint density at radius 1 is 1.39 bits per heavy atom. The Balaban J connectivity index is 1.73. The number of carbonyl (C=O) groups excluding carboxylic acids is 1. The van der Waals surface area contributed by atoms with Crippen LogP contribution in [-0.4, -0.2) is 36.8 Å². The fourth-order valence-corrected chi connectivity index (χ4v) is 5.63. The molecule has 1 aromatic rings. The molecule has 23 heavy (non-hydrogen) atoms. The summed E-state index contributed by atoms with van der Waals surface area (Å²) in [6.07, 6.45) is 6.45. The predicted octanol–water partition coefficient (Wildman–Crippen LogP) is 2.90. The lowest BCUT2D eigenvalue weighted by molar-refractivity contribution is -0.0198. The molecular formula is C19H21NO3. The number of piperidine rings is 1. The van der Waals surface area contributed by atoms with Gasteiger partial charge in [0.1, 0.15) is 11.9 Å². The first-order chi connectivity index (χ1) is 11.2. The van der Waals surface area contributed by atoms with Gasteiger partial charge in [0.25, 0.3) is 0 Å². The number of amides is 1. The van der Waals surface area contributed by atoms with Gasteiger partial charge in [-0.25, -0.2) is 4.79 Å². The van der Waals surface area contributed by atoms with Gasteiger partial charge < -0.3 is 14.4 Å². The molecule has 0 N–H and O–H groups in total. The smallest absolute Gasteiger partial charge is 0.409 e. The highest BCUT2D eigenvalue weighted by atomic mass is 16.5. The zero-order valence-corrected chi connectivity index (χ0v) is 13.5. The van der Waals surface area contributed by atoms with Crippen molar-refractivity contribution in [3.8, 4) is 5.75 Å². The molecule has 2 aliphatic carbocycles. The van der Waals surface area contributed by atoms with Gasteiger partial charge >= 0.3 is 6.09 Å². The lowest BCUT2D eigenvalue weighted by atomic mass is 9.52. The van der Waals surface area contributed by atoms with Crippen molar-refractivity contribution in [2.75, 3.05) is 13.7 Å². The number of likely N-dealkylation sites (tertiary alicyclic amines) is 1. The maximum absolute atomic E-state index is 12.3. The van der Waals surface area contributed by atoms with Crippen LogP contribution in [0.4, 0.5) is 4.79 Å². The maximum atomic E-state index is 12.3. The van der Waals surface area contributed by atoms with Crippen LogP contribution < -0.4 is 4.74 Å². The molecule has 5 atom stereocenters. The summed E-state index contributed by atoms with van der Waals surface area (Å²) < 4.78 is 11.5. The van der Waals surface area contributed by atoms with E-state index < -0.39 is 0 Å². The third-order valence-corrected chi connectivity index (χ3v) is 6.45. The lowest BCUT2D eigenvalue weighted by Gasteiger charge is -2.56. The van der Waals surface area contributed by atoms with Crippen molar-refractivity contribution < 1.29 is 14.3 Å². The molecule has 4 heteroatoms. The summed E-state index contributed by atoms with van der Waals surface area (Å²) in [5, 5.41) is 0. The van der Waals surface area contributed by atoms with Crippen LogP contribution in [0.15, 0.2) is 30.4 Å². The van der Waals surface area contributed by atoms with Crippen LogP contribution in [0.2, 0.25) is 0 Å². The number of carbonyl (C=O) groups is 1. The van der Waals surface area contributed by atoms with E-state index in [0.29, 0.717) is 11.8 Å². The summed E-state index contributed by atoms with van der Waals surface area (Å²) in [5.74, 6) is 1.79. The molecule has 0 aromatic heterocycles. The van der Waals surface area contributed by atoms with E-state index in [-0.39, 0.29) is 23.7 Å². The highest BCUT2D eigenvalue weighted by molar-refractivity contribution is 5.69. The zero-order valence-electron chi connectivity index (χ0n) is 13.5. The summed E-state index contributed by atoms with van der Waals surface area (Å²) in [6.45, 7) is 3.00. The highest BCUT2D eigenvalue weighted by Gasteiger charge is 2.64. The molecular weight excluding hydrogens is 290 g/mol. The average Bonchev–Trinajstić information content (AvgIpc) is 2.90. The van der Waals surface area contributed by atoms with Gasteiger partial charge in [0.05, 0.1) is 7.11 Å². The molecule has 1 unspecified atom stereocenters. The van der Waals surface area contributed by atoms with Crippen LogP contribution in [0.25, 0.3) is 0 Å². The molecule has 1 saturated heterocycles. The number of ether oxygens (including phenoxy) is 2. The second-order valence-electron chi connectivity index (χ2n) is 7.32. The van der Waals surface area contributed by atoms with Crippen LogP contribution in [0, 0.1) is 11.8 Å². The van der Waals surface area contributed by atoms with Crippen molar-refractivity contribution in [3.63, 3.8) is 0 Å². The molecule has 1 aromatic carbocycles. The second kappa shape index (κ2) is 4.31. The average molecular weight is 311 g/mol. The Bertz CT molecular complexity index is 727. The molecule has 4 aliphatic rings. The largest absolute Gasteiger partial charge is 0.489 e. The van der Waals surface area contributed by atoms with Crippen LogP contribution in [0.1, 0.15) is 24.5 Å². The topological polar surface area (TPSA) is 38.8 Å². The number of rotatable bonds is 0. The first kappa shape index (κ1) is 13.5. The molecule has 2 heterocycles. The molecule has 2 aliphatic heterocycles. The standard InChI is InChI=1S/C19H21NO3/c1-11-6-7-13-14-10-12-4-3-5-15-16(12)19(13,17(11)23-15)8-9-20(14)18(21)22-2/h3-7,11,13-14,17H,8-10H2,1-2H3/t11-,13-,14?,17-,19-/m0/s1. The minimum Gasteiger partial charge on any atom is -0.489 e. The van der Waals surface area contributed by atoms with Crippen LogP contribution in [0.5, 0.6) is 5.75 Å². The van der Waals surface area contributed by atoms with Crippen LogP contribution >= 0.6 is 0 Å². The van der Waals surface area contributed by atoms with Gasteiger partial charge in [-0.1, -0.05) is 31.2 Å². The molecule has 4 nitrogen and oxygen atoms in total. The Morgan fingerprint density at radius 3 is 3.09 bits per heavy atom. The van der Waals surface area contributed by atoms with E-state index in [1.165, 1.54) is 18.2 Å². The van der Waals surface area contributed by atoms with Crippen molar-refractivity contribution in [2.24, 2.45) is 11.8 Å².